The molecule has 1 aromatic carbocycles. The van der Waals surface area contributed by atoms with Gasteiger partial charge >= 0.3 is 0 Å². The Labute approximate surface area is 125 Å². The number of benzene rings is 1. The summed E-state index contributed by atoms with van der Waals surface area (Å²) in [5, 5.41) is 22.9. The van der Waals surface area contributed by atoms with Gasteiger partial charge in [0.1, 0.15) is 5.75 Å². The summed E-state index contributed by atoms with van der Waals surface area (Å²) in [5.74, 6) is 0.158. The van der Waals surface area contributed by atoms with Crippen LogP contribution in [0.2, 0.25) is 0 Å². The second-order valence-corrected chi connectivity index (χ2v) is 5.37. The van der Waals surface area contributed by atoms with Crippen molar-refractivity contribution in [2.75, 3.05) is 0 Å². The smallest absolute Gasteiger partial charge is 0.141 e. The Morgan fingerprint density at radius 3 is 2.48 bits per heavy atom. The van der Waals surface area contributed by atoms with Crippen molar-refractivity contribution in [3.63, 3.8) is 0 Å². The van der Waals surface area contributed by atoms with E-state index < -0.39 is 0 Å². The van der Waals surface area contributed by atoms with Crippen molar-refractivity contribution in [3.8, 4) is 5.75 Å². The summed E-state index contributed by atoms with van der Waals surface area (Å²) in [6, 6.07) is 8.52. The van der Waals surface area contributed by atoms with E-state index in [4.69, 9.17) is 0 Å². The predicted octanol–water partition coefficient (Wildman–Crippen LogP) is 2.75. The van der Waals surface area contributed by atoms with Crippen molar-refractivity contribution in [3.05, 3.63) is 58.4 Å². The SMILES string of the molecule is Cc1ccc([C@H](C)NCc2c(CO)cnc(C)c2O)cc1. The molecule has 1 aromatic heterocycles. The summed E-state index contributed by atoms with van der Waals surface area (Å²) in [6.45, 7) is 6.25. The van der Waals surface area contributed by atoms with Crippen molar-refractivity contribution in [1.29, 1.82) is 0 Å². The van der Waals surface area contributed by atoms with E-state index in [0.29, 0.717) is 23.4 Å². The van der Waals surface area contributed by atoms with Crippen LogP contribution in [0.3, 0.4) is 0 Å². The van der Waals surface area contributed by atoms with Gasteiger partial charge in [-0.1, -0.05) is 29.8 Å². The first-order valence-corrected chi connectivity index (χ1v) is 7.10. The molecule has 0 bridgehead atoms. The Balaban J connectivity index is 2.12. The van der Waals surface area contributed by atoms with Gasteiger partial charge in [-0.3, -0.25) is 4.98 Å². The molecular weight excluding hydrogens is 264 g/mol. The molecule has 0 aliphatic rings. The zero-order chi connectivity index (χ0) is 15.4. The van der Waals surface area contributed by atoms with Crippen LogP contribution in [0.25, 0.3) is 0 Å². The van der Waals surface area contributed by atoms with Crippen LogP contribution in [0.15, 0.2) is 30.5 Å². The molecule has 0 unspecified atom stereocenters. The van der Waals surface area contributed by atoms with E-state index in [1.165, 1.54) is 11.1 Å². The molecular formula is C17H22N2O2. The molecule has 0 fully saturated rings. The molecule has 1 atom stereocenters. The molecule has 0 radical (unpaired) electrons. The fourth-order valence-electron chi connectivity index (χ4n) is 2.25. The van der Waals surface area contributed by atoms with Crippen LogP contribution >= 0.6 is 0 Å². The molecule has 0 saturated carbocycles. The molecule has 21 heavy (non-hydrogen) atoms. The summed E-state index contributed by atoms with van der Waals surface area (Å²) < 4.78 is 0. The number of hydrogen-bond donors (Lipinski definition) is 3. The fourth-order valence-corrected chi connectivity index (χ4v) is 2.25. The maximum Gasteiger partial charge on any atom is 0.141 e. The van der Waals surface area contributed by atoms with Crippen LogP contribution in [-0.2, 0) is 13.2 Å². The minimum absolute atomic E-state index is 0.128. The van der Waals surface area contributed by atoms with Gasteiger partial charge < -0.3 is 15.5 Å². The third-order valence-corrected chi connectivity index (χ3v) is 3.76. The van der Waals surface area contributed by atoms with Crippen LogP contribution < -0.4 is 5.32 Å². The van der Waals surface area contributed by atoms with Crippen molar-refractivity contribution in [2.45, 2.75) is 40.0 Å². The first kappa shape index (κ1) is 15.5. The van der Waals surface area contributed by atoms with Gasteiger partial charge in [0.2, 0.25) is 0 Å². The van der Waals surface area contributed by atoms with Crippen molar-refractivity contribution in [2.24, 2.45) is 0 Å². The topological polar surface area (TPSA) is 65.4 Å². The minimum Gasteiger partial charge on any atom is -0.506 e. The normalized spacial score (nSPS) is 12.4. The first-order chi connectivity index (χ1) is 10.0. The van der Waals surface area contributed by atoms with Crippen LogP contribution in [0, 0.1) is 13.8 Å². The maximum absolute atomic E-state index is 10.1. The van der Waals surface area contributed by atoms with Crippen LogP contribution in [0.5, 0.6) is 5.75 Å². The Kier molecular flexibility index (Phi) is 4.94. The number of aliphatic hydroxyl groups excluding tert-OH is 1. The van der Waals surface area contributed by atoms with E-state index in [0.717, 1.165) is 0 Å². The van der Waals surface area contributed by atoms with Gasteiger partial charge in [0.15, 0.2) is 0 Å². The number of aryl methyl sites for hydroxylation is 2. The molecule has 0 spiro atoms. The average molecular weight is 286 g/mol. The molecule has 4 nitrogen and oxygen atoms in total. The monoisotopic (exact) mass is 286 g/mol. The highest BCUT2D eigenvalue weighted by atomic mass is 16.3. The highest BCUT2D eigenvalue weighted by molar-refractivity contribution is 5.40. The molecule has 3 N–H and O–H groups in total. The van der Waals surface area contributed by atoms with Gasteiger partial charge in [0.25, 0.3) is 0 Å². The highest BCUT2D eigenvalue weighted by Crippen LogP contribution is 2.24. The summed E-state index contributed by atoms with van der Waals surface area (Å²) >= 11 is 0. The lowest BCUT2D eigenvalue weighted by Gasteiger charge is -2.17. The number of aromatic nitrogens is 1. The minimum atomic E-state index is -0.128. The Hall–Kier alpha value is -1.91. The van der Waals surface area contributed by atoms with Crippen LogP contribution in [-0.4, -0.2) is 15.2 Å². The van der Waals surface area contributed by atoms with Crippen LogP contribution in [0.4, 0.5) is 0 Å². The summed E-state index contributed by atoms with van der Waals surface area (Å²) in [6.07, 6.45) is 1.61. The number of nitrogens with one attached hydrogen (secondary N) is 1. The van der Waals surface area contributed by atoms with Gasteiger partial charge in [-0.2, -0.15) is 0 Å². The first-order valence-electron chi connectivity index (χ1n) is 7.10. The van der Waals surface area contributed by atoms with E-state index in [2.05, 4.69) is 48.4 Å². The Morgan fingerprint density at radius 1 is 1.19 bits per heavy atom. The lowest BCUT2D eigenvalue weighted by Crippen LogP contribution is -2.19. The lowest BCUT2D eigenvalue weighted by atomic mass is 10.0. The van der Waals surface area contributed by atoms with Gasteiger partial charge in [-0.25, -0.2) is 0 Å². The second kappa shape index (κ2) is 6.70. The molecule has 0 aliphatic heterocycles. The second-order valence-electron chi connectivity index (χ2n) is 5.37. The third kappa shape index (κ3) is 3.60. The zero-order valence-corrected chi connectivity index (χ0v) is 12.7. The van der Waals surface area contributed by atoms with E-state index in [9.17, 15) is 10.2 Å². The molecule has 2 rings (SSSR count). The Morgan fingerprint density at radius 2 is 1.86 bits per heavy atom. The number of hydrogen-bond acceptors (Lipinski definition) is 4. The Bertz CT molecular complexity index is 609. The maximum atomic E-state index is 10.1. The molecule has 4 heteroatoms. The highest BCUT2D eigenvalue weighted by Gasteiger charge is 2.13. The third-order valence-electron chi connectivity index (χ3n) is 3.76. The largest absolute Gasteiger partial charge is 0.506 e. The van der Waals surface area contributed by atoms with Crippen molar-refractivity contribution in [1.82, 2.24) is 10.3 Å². The number of aromatic hydroxyl groups is 1. The van der Waals surface area contributed by atoms with Gasteiger partial charge in [0, 0.05) is 29.9 Å². The molecule has 2 aromatic rings. The predicted molar refractivity (Wildman–Crippen MR) is 83.0 cm³/mol. The van der Waals surface area contributed by atoms with E-state index in [1.54, 1.807) is 13.1 Å². The molecule has 0 saturated heterocycles. The standard InChI is InChI=1S/C17H22N2O2/c1-11-4-6-14(7-5-11)12(2)19-9-16-15(10-20)8-18-13(3)17(16)21/h4-8,12,19-21H,9-10H2,1-3H3/t12-/m0/s1. The molecule has 1 heterocycles. The van der Waals surface area contributed by atoms with Gasteiger partial charge in [-0.15, -0.1) is 0 Å². The van der Waals surface area contributed by atoms with Crippen LogP contribution in [0.1, 0.15) is 40.9 Å². The quantitative estimate of drug-likeness (QED) is 0.790. The van der Waals surface area contributed by atoms with E-state index in [-0.39, 0.29) is 18.4 Å². The molecule has 112 valence electrons. The number of rotatable bonds is 5. The molecule has 0 aliphatic carbocycles. The van der Waals surface area contributed by atoms with Crippen molar-refractivity contribution >= 4 is 0 Å². The fraction of sp³-hybridized carbons (Fsp3) is 0.353. The van der Waals surface area contributed by atoms with Gasteiger partial charge in [-0.05, 0) is 26.3 Å². The zero-order valence-electron chi connectivity index (χ0n) is 12.7. The van der Waals surface area contributed by atoms with Gasteiger partial charge in [0.05, 0.1) is 12.3 Å². The summed E-state index contributed by atoms with van der Waals surface area (Å²) in [5.41, 5.74) is 4.37. The average Bonchev–Trinajstić information content (AvgIpc) is 2.49. The number of nitrogens with zero attached hydrogens (tertiary/aromatic N) is 1. The summed E-state index contributed by atoms with van der Waals surface area (Å²) in [4.78, 5) is 4.07. The summed E-state index contributed by atoms with van der Waals surface area (Å²) in [7, 11) is 0. The van der Waals surface area contributed by atoms with E-state index >= 15 is 0 Å². The van der Waals surface area contributed by atoms with Crippen molar-refractivity contribution < 1.29 is 10.2 Å². The number of pyridine rings is 1. The number of aliphatic hydroxyl groups is 1. The lowest BCUT2D eigenvalue weighted by molar-refractivity contribution is 0.278. The molecule has 0 amide bonds. The van der Waals surface area contributed by atoms with E-state index in [1.807, 2.05) is 0 Å².